The molecule has 1 heterocycles. The van der Waals surface area contributed by atoms with Gasteiger partial charge < -0.3 is 15.9 Å². The molecule has 140 valence electrons. The summed E-state index contributed by atoms with van der Waals surface area (Å²) < 4.78 is 5.83. The van der Waals surface area contributed by atoms with Crippen LogP contribution in [-0.2, 0) is 6.54 Å². The van der Waals surface area contributed by atoms with E-state index in [1.165, 1.54) is 6.07 Å². The van der Waals surface area contributed by atoms with Gasteiger partial charge in [0.05, 0.1) is 10.7 Å². The molecule has 4 rings (SSSR count). The van der Waals surface area contributed by atoms with Crippen molar-refractivity contribution in [1.29, 1.82) is 0 Å². The van der Waals surface area contributed by atoms with Crippen molar-refractivity contribution >= 4 is 45.6 Å². The van der Waals surface area contributed by atoms with E-state index in [2.05, 4.69) is 0 Å². The standard InChI is InChI=1S/C22H16Cl2N2O2/c23-15-5-7-16(18(24)10-15)21(27)22-20(26)17-6-4-14(9-19(17)28-22)13-3-1-2-12(8-13)11-25/h1-10H,11,25-26H2. The van der Waals surface area contributed by atoms with Gasteiger partial charge in [0.2, 0.25) is 5.78 Å². The lowest BCUT2D eigenvalue weighted by molar-refractivity contribution is 0.101. The molecule has 0 aliphatic rings. The second kappa shape index (κ2) is 7.32. The van der Waals surface area contributed by atoms with Crippen LogP contribution in [0.2, 0.25) is 10.0 Å². The first-order chi connectivity index (χ1) is 13.5. The van der Waals surface area contributed by atoms with Crippen LogP contribution in [0.25, 0.3) is 22.1 Å². The Balaban J connectivity index is 1.79. The highest BCUT2D eigenvalue weighted by Gasteiger charge is 2.22. The van der Waals surface area contributed by atoms with Crippen LogP contribution in [0.4, 0.5) is 5.69 Å². The summed E-state index contributed by atoms with van der Waals surface area (Å²) in [7, 11) is 0. The van der Waals surface area contributed by atoms with E-state index >= 15 is 0 Å². The van der Waals surface area contributed by atoms with E-state index in [9.17, 15) is 4.79 Å². The first kappa shape index (κ1) is 18.6. The van der Waals surface area contributed by atoms with Crippen molar-refractivity contribution in [3.8, 4) is 11.1 Å². The van der Waals surface area contributed by atoms with Gasteiger partial charge in [0.15, 0.2) is 5.76 Å². The molecule has 4 aromatic rings. The van der Waals surface area contributed by atoms with Crippen LogP contribution in [0.5, 0.6) is 0 Å². The van der Waals surface area contributed by atoms with Gasteiger partial charge in [-0.15, -0.1) is 0 Å². The number of carbonyl (C=O) groups excluding carboxylic acids is 1. The van der Waals surface area contributed by atoms with Crippen molar-refractivity contribution in [2.75, 3.05) is 5.73 Å². The van der Waals surface area contributed by atoms with Crippen molar-refractivity contribution in [3.63, 3.8) is 0 Å². The molecule has 0 bridgehead atoms. The summed E-state index contributed by atoms with van der Waals surface area (Å²) in [4.78, 5) is 12.9. The number of halogens is 2. The molecule has 0 saturated carbocycles. The average molecular weight is 411 g/mol. The predicted molar refractivity (Wildman–Crippen MR) is 114 cm³/mol. The minimum absolute atomic E-state index is 0.0621. The summed E-state index contributed by atoms with van der Waals surface area (Å²) >= 11 is 12.1. The largest absolute Gasteiger partial charge is 0.450 e. The van der Waals surface area contributed by atoms with E-state index in [-0.39, 0.29) is 27.8 Å². The number of ketones is 1. The molecule has 0 radical (unpaired) electrons. The Labute approximate surface area is 171 Å². The molecule has 0 unspecified atom stereocenters. The third kappa shape index (κ3) is 3.27. The smallest absolute Gasteiger partial charge is 0.231 e. The normalized spacial score (nSPS) is 11.1. The third-order valence-electron chi connectivity index (χ3n) is 4.61. The van der Waals surface area contributed by atoms with Crippen LogP contribution in [-0.4, -0.2) is 5.78 Å². The molecule has 1 aromatic heterocycles. The number of hydrogen-bond acceptors (Lipinski definition) is 4. The molecule has 6 heteroatoms. The number of benzene rings is 3. The fourth-order valence-electron chi connectivity index (χ4n) is 3.14. The number of hydrogen-bond donors (Lipinski definition) is 2. The number of rotatable bonds is 4. The van der Waals surface area contributed by atoms with Crippen molar-refractivity contribution in [2.45, 2.75) is 6.54 Å². The lowest BCUT2D eigenvalue weighted by atomic mass is 10.0. The number of nitrogens with two attached hydrogens (primary N) is 2. The van der Waals surface area contributed by atoms with Crippen molar-refractivity contribution < 1.29 is 9.21 Å². The second-order valence-electron chi connectivity index (χ2n) is 6.41. The minimum Gasteiger partial charge on any atom is -0.450 e. The molecule has 0 aliphatic heterocycles. The third-order valence-corrected chi connectivity index (χ3v) is 5.15. The van der Waals surface area contributed by atoms with Crippen molar-refractivity contribution in [1.82, 2.24) is 0 Å². The second-order valence-corrected chi connectivity index (χ2v) is 7.26. The van der Waals surface area contributed by atoms with Crippen LogP contribution in [0, 0.1) is 0 Å². The van der Waals surface area contributed by atoms with Crippen LogP contribution in [0.1, 0.15) is 21.7 Å². The van der Waals surface area contributed by atoms with Crippen molar-refractivity contribution in [2.24, 2.45) is 5.73 Å². The van der Waals surface area contributed by atoms with Gasteiger partial charge >= 0.3 is 0 Å². The molecule has 0 fully saturated rings. The van der Waals surface area contributed by atoms with E-state index in [0.29, 0.717) is 22.5 Å². The van der Waals surface area contributed by atoms with Gasteiger partial charge in [0.1, 0.15) is 5.58 Å². The highest BCUT2D eigenvalue weighted by molar-refractivity contribution is 6.37. The van der Waals surface area contributed by atoms with E-state index < -0.39 is 0 Å². The summed E-state index contributed by atoms with van der Waals surface area (Å²) in [5.74, 6) is -0.325. The number of fused-ring (bicyclic) bond motifs is 1. The lowest BCUT2D eigenvalue weighted by Crippen LogP contribution is -2.03. The number of carbonyl (C=O) groups is 1. The van der Waals surface area contributed by atoms with Gasteiger partial charge in [-0.1, -0.05) is 47.5 Å². The fraction of sp³-hybridized carbons (Fsp3) is 0.0455. The Hall–Kier alpha value is -2.79. The maximum Gasteiger partial charge on any atom is 0.231 e. The minimum atomic E-state index is -0.387. The Morgan fingerprint density at radius 2 is 1.75 bits per heavy atom. The summed E-state index contributed by atoms with van der Waals surface area (Å²) in [6, 6.07) is 18.3. The highest BCUT2D eigenvalue weighted by Crippen LogP contribution is 2.34. The zero-order valence-corrected chi connectivity index (χ0v) is 16.2. The zero-order valence-electron chi connectivity index (χ0n) is 14.7. The Kier molecular flexibility index (Phi) is 4.85. The molecule has 0 spiro atoms. The number of furan rings is 1. The van der Waals surface area contributed by atoms with Crippen LogP contribution in [0.3, 0.4) is 0 Å². The van der Waals surface area contributed by atoms with E-state index in [1.54, 1.807) is 12.1 Å². The predicted octanol–water partition coefficient (Wildman–Crippen LogP) is 5.68. The highest BCUT2D eigenvalue weighted by atomic mass is 35.5. The Bertz CT molecular complexity index is 1210. The average Bonchev–Trinajstić information content (AvgIpc) is 3.03. The fourth-order valence-corrected chi connectivity index (χ4v) is 3.63. The molecule has 4 nitrogen and oxygen atoms in total. The summed E-state index contributed by atoms with van der Waals surface area (Å²) in [6.07, 6.45) is 0. The summed E-state index contributed by atoms with van der Waals surface area (Å²) in [5.41, 5.74) is 16.0. The zero-order chi connectivity index (χ0) is 19.8. The summed E-state index contributed by atoms with van der Waals surface area (Å²) in [5, 5.41) is 1.37. The van der Waals surface area contributed by atoms with E-state index in [4.69, 9.17) is 39.1 Å². The topological polar surface area (TPSA) is 82.2 Å². The molecular formula is C22H16Cl2N2O2. The first-order valence-corrected chi connectivity index (χ1v) is 9.34. The van der Waals surface area contributed by atoms with Gasteiger partial charge in [-0.25, -0.2) is 0 Å². The molecule has 0 atom stereocenters. The van der Waals surface area contributed by atoms with E-state index in [0.717, 1.165) is 16.7 Å². The number of anilines is 1. The van der Waals surface area contributed by atoms with Gasteiger partial charge in [-0.2, -0.15) is 0 Å². The van der Waals surface area contributed by atoms with Crippen LogP contribution >= 0.6 is 23.2 Å². The lowest BCUT2D eigenvalue weighted by Gasteiger charge is -2.04. The Morgan fingerprint density at radius 3 is 2.50 bits per heavy atom. The van der Waals surface area contributed by atoms with Crippen molar-refractivity contribution in [3.05, 3.63) is 87.6 Å². The molecule has 3 aromatic carbocycles. The van der Waals surface area contributed by atoms with E-state index in [1.807, 2.05) is 42.5 Å². The van der Waals surface area contributed by atoms with Gasteiger partial charge in [-0.3, -0.25) is 4.79 Å². The molecule has 28 heavy (non-hydrogen) atoms. The molecule has 0 saturated heterocycles. The summed E-state index contributed by atoms with van der Waals surface area (Å²) in [6.45, 7) is 0.463. The number of nitrogen functional groups attached to an aromatic ring is 1. The molecule has 4 N–H and O–H groups in total. The quantitative estimate of drug-likeness (QED) is 0.424. The van der Waals surface area contributed by atoms with Gasteiger partial charge in [0.25, 0.3) is 0 Å². The van der Waals surface area contributed by atoms with Crippen LogP contribution < -0.4 is 11.5 Å². The Morgan fingerprint density at radius 1 is 0.964 bits per heavy atom. The van der Waals surface area contributed by atoms with Crippen LogP contribution in [0.15, 0.2) is 65.1 Å². The maximum absolute atomic E-state index is 12.9. The maximum atomic E-state index is 12.9. The van der Waals surface area contributed by atoms with Gasteiger partial charge in [0, 0.05) is 22.5 Å². The first-order valence-electron chi connectivity index (χ1n) is 8.59. The molecule has 0 aliphatic carbocycles. The molecular weight excluding hydrogens is 395 g/mol. The SMILES string of the molecule is NCc1cccc(-c2ccc3c(N)c(C(=O)c4ccc(Cl)cc4Cl)oc3c2)c1. The monoisotopic (exact) mass is 410 g/mol. The van der Waals surface area contributed by atoms with Gasteiger partial charge in [-0.05, 0) is 53.1 Å². The molecule has 0 amide bonds.